The zero-order valence-electron chi connectivity index (χ0n) is 90.0. The van der Waals surface area contributed by atoms with Gasteiger partial charge in [-0.1, -0.05) is 325 Å². The van der Waals surface area contributed by atoms with E-state index in [1.807, 2.05) is 39.0 Å². The molecule has 8 aromatic carbocycles. The summed E-state index contributed by atoms with van der Waals surface area (Å²) < 4.78 is 51.4. The molecular formula is C125H171F4N13. The van der Waals surface area contributed by atoms with Crippen molar-refractivity contribution in [2.75, 3.05) is 136 Å². The van der Waals surface area contributed by atoms with Crippen LogP contribution in [0.4, 0.5) is 23.2 Å². The molecule has 7 fully saturated rings. The Bertz CT molecular complexity index is 5310. The normalized spacial score (nSPS) is 20.0. The predicted molar refractivity (Wildman–Crippen MR) is 586 cm³/mol. The summed E-state index contributed by atoms with van der Waals surface area (Å²) in [4.78, 5) is 35.0. The minimum Gasteiger partial charge on any atom is -0.372 e. The highest BCUT2D eigenvalue weighted by Gasteiger charge is 2.52. The Labute approximate surface area is 856 Å². The molecule has 13 nitrogen and oxygen atoms in total. The molecule has 0 unspecified atom stereocenters. The Kier molecular flexibility index (Phi) is 43.3. The van der Waals surface area contributed by atoms with Gasteiger partial charge in [0.05, 0.1) is 12.6 Å². The fourth-order valence-corrected chi connectivity index (χ4v) is 22.4. The molecule has 0 N–H and O–H groups in total. The third-order valence-corrected chi connectivity index (χ3v) is 33.7. The molecule has 7 aliphatic rings. The van der Waals surface area contributed by atoms with E-state index in [2.05, 4.69) is 364 Å². The number of benzene rings is 8. The summed E-state index contributed by atoms with van der Waals surface area (Å²) in [6.07, 6.45) is 10.4. The third kappa shape index (κ3) is 32.7. The molecule has 8 aromatic rings. The molecule has 0 spiro atoms. The van der Waals surface area contributed by atoms with E-state index >= 15 is 0 Å². The van der Waals surface area contributed by atoms with Crippen LogP contribution < -0.4 is 4.90 Å². The van der Waals surface area contributed by atoms with E-state index in [-0.39, 0.29) is 54.1 Å². The Hall–Kier alpha value is -10.0. The number of alkyl halides is 4. The van der Waals surface area contributed by atoms with Crippen LogP contribution in [0.15, 0.2) is 218 Å². The van der Waals surface area contributed by atoms with Crippen molar-refractivity contribution in [3.8, 4) is 39.4 Å². The summed E-state index contributed by atoms with van der Waals surface area (Å²) >= 11 is 0. The van der Waals surface area contributed by atoms with E-state index < -0.39 is 24.3 Å². The van der Waals surface area contributed by atoms with E-state index in [9.17, 15) is 17.6 Å². The van der Waals surface area contributed by atoms with E-state index in [1.54, 1.807) is 0 Å². The van der Waals surface area contributed by atoms with Gasteiger partial charge in [-0.3, -0.25) is 29.4 Å². The molecule has 0 aliphatic carbocycles. The van der Waals surface area contributed by atoms with Gasteiger partial charge in [0.15, 0.2) is 0 Å². The molecule has 7 heterocycles. The number of rotatable bonds is 21. The predicted octanol–water partition coefficient (Wildman–Crippen LogP) is 30.7. The number of hydrogen-bond donors (Lipinski definition) is 0. The number of anilines is 1. The maximum Gasteiger partial charge on any atom is 0.401 e. The van der Waals surface area contributed by atoms with Crippen molar-refractivity contribution >= 4 is 5.69 Å². The SMILES string of the molecule is CC.C[C@]1(CC#N)CCN(Cc2ccc(-c3ccccc3)cc2)C[C@H]1F.[C-]#[N+]CC1(C(C)(C)C)CCN(CC(F)(F)F)CC1.[C-]#[N+]CC1(C(C)(C)C)CCN(Cc2ccc(N3CCCCC3)cc2)CC1.[C-]#[N+]CC1(C(C)(C)C)CCN(Cc2cccc(-c3ccccc3)c2)CC1.[C-]#[N+]CC1(C(C)(C)C)CCN(Cc2ccccc2)CC1.[C-]#[N+]CC1(C(C)(C)C)CCN(Cc2ccccc2-c2ccccc2)CC1. The highest BCUT2D eigenvalue weighted by molar-refractivity contribution is 5.68. The number of nitrogens with zero attached hydrogens (tertiary/aromatic N) is 13. The maximum absolute atomic E-state index is 14.5. The fourth-order valence-electron chi connectivity index (χ4n) is 22.4. The number of hydrogen-bond acceptors (Lipinski definition) is 8. The van der Waals surface area contributed by atoms with E-state index in [4.69, 9.17) is 38.1 Å². The van der Waals surface area contributed by atoms with Gasteiger partial charge in [0.1, 0.15) is 6.17 Å². The first kappa shape index (κ1) is 116. The molecule has 0 radical (unpaired) electrons. The first-order valence-corrected chi connectivity index (χ1v) is 52.9. The molecule has 15 rings (SSSR count). The zero-order valence-corrected chi connectivity index (χ0v) is 90.0. The molecule has 17 heteroatoms. The minimum absolute atomic E-state index is 0.0398. The number of likely N-dealkylation sites (tertiary alicyclic amines) is 6. The van der Waals surface area contributed by atoms with Crippen LogP contribution in [0.1, 0.15) is 249 Å². The van der Waals surface area contributed by atoms with E-state index in [1.165, 1.54) is 104 Å². The van der Waals surface area contributed by atoms with Crippen LogP contribution in [0.25, 0.3) is 57.6 Å². The van der Waals surface area contributed by atoms with Gasteiger partial charge in [0.2, 0.25) is 32.7 Å². The molecule has 0 amide bonds. The Morgan fingerprint density at radius 3 is 0.986 bits per heavy atom. The third-order valence-electron chi connectivity index (χ3n) is 33.7. The van der Waals surface area contributed by atoms with Gasteiger partial charge in [-0.05, 0) is 268 Å². The molecule has 7 saturated heterocycles. The molecule has 0 saturated carbocycles. The monoisotopic (exact) mass is 1930 g/mol. The average molecular weight is 1930 g/mol. The van der Waals surface area contributed by atoms with Gasteiger partial charge in [-0.15, -0.1) is 0 Å². The van der Waals surface area contributed by atoms with Crippen molar-refractivity contribution in [1.82, 2.24) is 29.4 Å². The van der Waals surface area contributed by atoms with Crippen LogP contribution in [0.3, 0.4) is 0 Å². The lowest BCUT2D eigenvalue weighted by Crippen LogP contribution is -2.50. The van der Waals surface area contributed by atoms with Gasteiger partial charge >= 0.3 is 6.18 Å². The van der Waals surface area contributed by atoms with Crippen LogP contribution in [0.5, 0.6) is 0 Å². The van der Waals surface area contributed by atoms with Crippen molar-refractivity contribution in [3.63, 3.8) is 0 Å². The van der Waals surface area contributed by atoms with Crippen molar-refractivity contribution in [2.24, 2.45) is 59.6 Å². The Morgan fingerprint density at radius 2 is 0.620 bits per heavy atom. The highest BCUT2D eigenvalue weighted by atomic mass is 19.4. The lowest BCUT2D eigenvalue weighted by atomic mass is 9.61. The number of nitriles is 1. The van der Waals surface area contributed by atoms with Gasteiger partial charge in [0.25, 0.3) is 0 Å². The molecule has 764 valence electrons. The van der Waals surface area contributed by atoms with Crippen LogP contribution in [-0.4, -0.2) is 173 Å². The molecule has 7 aliphatic heterocycles. The molecule has 142 heavy (non-hydrogen) atoms. The van der Waals surface area contributed by atoms with Crippen LogP contribution in [0.2, 0.25) is 0 Å². The van der Waals surface area contributed by atoms with Crippen molar-refractivity contribution < 1.29 is 17.6 Å². The molecule has 2 atom stereocenters. The minimum atomic E-state index is -4.12. The first-order chi connectivity index (χ1) is 67.5. The fraction of sp³-hybridized carbons (Fsp3) is 0.568. The number of halogens is 4. The summed E-state index contributed by atoms with van der Waals surface area (Å²) in [5, 5.41) is 8.89. The average Bonchev–Trinajstić information content (AvgIpc) is 0.794. The first-order valence-electron chi connectivity index (χ1n) is 52.9. The van der Waals surface area contributed by atoms with Gasteiger partial charge in [-0.25, -0.2) is 37.3 Å². The summed E-state index contributed by atoms with van der Waals surface area (Å²) in [5.74, 6) is 0. The summed E-state index contributed by atoms with van der Waals surface area (Å²) in [6.45, 7) is 96.7. The second-order valence-corrected chi connectivity index (χ2v) is 47.0. The molecule has 0 aromatic heterocycles. The molecular weight excluding hydrogens is 1760 g/mol. The van der Waals surface area contributed by atoms with Gasteiger partial charge < -0.3 is 29.1 Å². The van der Waals surface area contributed by atoms with Crippen molar-refractivity contribution in [3.05, 3.63) is 303 Å². The lowest BCUT2D eigenvalue weighted by Gasteiger charge is -2.46. The second-order valence-electron chi connectivity index (χ2n) is 47.0. The number of piperidine rings is 7. The largest absolute Gasteiger partial charge is 0.401 e. The summed E-state index contributed by atoms with van der Waals surface area (Å²) in [6, 6.07) is 79.8. The van der Waals surface area contributed by atoms with Crippen molar-refractivity contribution in [1.29, 1.82) is 5.26 Å². The van der Waals surface area contributed by atoms with Crippen LogP contribution in [0, 0.1) is 104 Å². The maximum atomic E-state index is 14.5. The van der Waals surface area contributed by atoms with E-state index in [0.29, 0.717) is 71.6 Å². The van der Waals surface area contributed by atoms with Crippen molar-refractivity contribution in [2.45, 2.75) is 266 Å². The lowest BCUT2D eigenvalue weighted by molar-refractivity contribution is -0.152. The van der Waals surface area contributed by atoms with Crippen LogP contribution in [-0.2, 0) is 32.7 Å². The highest BCUT2D eigenvalue weighted by Crippen LogP contribution is 2.53. The van der Waals surface area contributed by atoms with E-state index in [0.717, 1.165) is 149 Å². The summed E-state index contributed by atoms with van der Waals surface area (Å²) in [7, 11) is 0. The zero-order chi connectivity index (χ0) is 104. The van der Waals surface area contributed by atoms with Gasteiger partial charge in [-0.2, -0.15) is 18.4 Å². The smallest absolute Gasteiger partial charge is 0.372 e. The quantitative estimate of drug-likeness (QED) is 0.0521. The topological polar surface area (TPSA) is 68.3 Å². The van der Waals surface area contributed by atoms with Gasteiger partial charge in [0, 0.05) is 97.0 Å². The Morgan fingerprint density at radius 1 is 0.324 bits per heavy atom. The van der Waals surface area contributed by atoms with Crippen LogP contribution >= 0.6 is 0 Å². The molecule has 0 bridgehead atoms. The Balaban J connectivity index is 0.000000190. The standard InChI is InChI=1S/2C24H30N2.C23H35N3.C21H23FN2.C18H26N2.C13H21F3N2.C2H6/c1-23(2,3)24(19-25-4)13-15-26(16-14-24)18-20-9-8-12-22(17-20)21-10-6-5-7-11-21;1-23(2,3)24(19-25-4)14-16-26(17-15-24)18-21-12-8-9-13-22(21)20-10-6-5-7-11-20;1-22(2,3)23(19-24-4)12-16-25(17-13-23)18-20-8-10-21(11-9-20)26-14-6-5-7-15-26;1-21(11-13-23)12-14-24(16-20(21)22)15-17-7-9-19(10-8-17)18-5-3-2-4-6-18;1-17(2,3)18(15-19-4)10-12-20(13-11-18)14-16-8-6-5-7-9-16;1-11(2,3)12(9-17-4)5-7-18(8-6-12)10-13(14,15)16;1-2/h5-12,17H,13-16,18-19H2,1-3H3;5-13H,14-19H2,1-3H3;8-11H,5-7,12-19H2,1-3H3;2-10,20H,11-12,14-16H2,1H3;5-9H,10-15H2,1-3H3;5-10H2,1-3H3;1-2H3/t;;;20-,21+;;;/m...1.../s1. The summed E-state index contributed by atoms with van der Waals surface area (Å²) in [5.41, 5.74) is 16.6. The second kappa shape index (κ2) is 53.2.